The van der Waals surface area contributed by atoms with Crippen LogP contribution in [0.5, 0.6) is 0 Å². The molecule has 0 bridgehead atoms. The average Bonchev–Trinajstić information content (AvgIpc) is 2.22. The molecule has 0 N–H and O–H groups in total. The highest BCUT2D eigenvalue weighted by Crippen LogP contribution is 2.15. The molecule has 0 saturated carbocycles. The lowest BCUT2D eigenvalue weighted by Gasteiger charge is -2.08. The molecule has 0 amide bonds. The number of benzene rings is 1. The van der Waals surface area contributed by atoms with E-state index in [1.807, 2.05) is 6.92 Å². The molecule has 15 heavy (non-hydrogen) atoms. The van der Waals surface area contributed by atoms with Crippen molar-refractivity contribution >= 4 is 0 Å². The molecule has 0 aliphatic rings. The van der Waals surface area contributed by atoms with Gasteiger partial charge in [0.1, 0.15) is 11.6 Å². The van der Waals surface area contributed by atoms with E-state index in [2.05, 4.69) is 5.18 Å². The lowest BCUT2D eigenvalue weighted by molar-refractivity contribution is 0.549. The maximum absolute atomic E-state index is 13.2. The SMILES string of the molecule is CCCC(Cc1cc(F)ccc1F)N=O. The molecule has 0 aliphatic heterocycles. The molecule has 0 radical (unpaired) electrons. The van der Waals surface area contributed by atoms with Crippen LogP contribution in [0.15, 0.2) is 23.4 Å². The van der Waals surface area contributed by atoms with Crippen LogP contribution in [-0.4, -0.2) is 6.04 Å². The average molecular weight is 213 g/mol. The van der Waals surface area contributed by atoms with Crippen molar-refractivity contribution in [2.75, 3.05) is 0 Å². The van der Waals surface area contributed by atoms with Gasteiger partial charge in [0.25, 0.3) is 0 Å². The van der Waals surface area contributed by atoms with Gasteiger partial charge in [-0.1, -0.05) is 18.5 Å². The van der Waals surface area contributed by atoms with Crippen molar-refractivity contribution in [3.63, 3.8) is 0 Å². The third-order valence-electron chi connectivity index (χ3n) is 2.23. The minimum absolute atomic E-state index is 0.168. The monoisotopic (exact) mass is 213 g/mol. The number of nitrogens with zero attached hydrogens (tertiary/aromatic N) is 1. The fourth-order valence-electron chi connectivity index (χ4n) is 1.48. The standard InChI is InChI=1S/C11H13F2NO/c1-2-3-10(14-15)7-8-6-9(12)4-5-11(8)13/h4-6,10H,2-3,7H2,1H3. The van der Waals surface area contributed by atoms with Crippen molar-refractivity contribution in [1.29, 1.82) is 0 Å². The smallest absolute Gasteiger partial charge is 0.126 e. The summed E-state index contributed by atoms with van der Waals surface area (Å²) in [4.78, 5) is 10.4. The minimum Gasteiger partial charge on any atom is -0.207 e. The Balaban J connectivity index is 2.77. The van der Waals surface area contributed by atoms with Gasteiger partial charge in [0.15, 0.2) is 0 Å². The molecule has 1 aromatic rings. The normalized spacial score (nSPS) is 12.5. The molecule has 0 fully saturated rings. The van der Waals surface area contributed by atoms with E-state index in [0.717, 1.165) is 24.6 Å². The van der Waals surface area contributed by atoms with Gasteiger partial charge < -0.3 is 0 Å². The van der Waals surface area contributed by atoms with Gasteiger partial charge in [0, 0.05) is 6.42 Å². The van der Waals surface area contributed by atoms with Gasteiger partial charge in [0.05, 0.1) is 6.04 Å². The molecule has 1 atom stereocenters. The Morgan fingerprint density at radius 1 is 1.40 bits per heavy atom. The zero-order chi connectivity index (χ0) is 11.3. The zero-order valence-corrected chi connectivity index (χ0v) is 8.54. The van der Waals surface area contributed by atoms with E-state index in [9.17, 15) is 13.7 Å². The van der Waals surface area contributed by atoms with Crippen molar-refractivity contribution in [1.82, 2.24) is 0 Å². The molecule has 0 aromatic heterocycles. The molecule has 2 nitrogen and oxygen atoms in total. The largest absolute Gasteiger partial charge is 0.207 e. The second kappa shape index (κ2) is 5.53. The van der Waals surface area contributed by atoms with Crippen LogP contribution in [0.1, 0.15) is 25.3 Å². The molecule has 0 aliphatic carbocycles. The summed E-state index contributed by atoms with van der Waals surface area (Å²) in [5, 5.41) is 2.90. The molecule has 0 spiro atoms. The van der Waals surface area contributed by atoms with Crippen LogP contribution < -0.4 is 0 Å². The second-order valence-corrected chi connectivity index (χ2v) is 3.49. The van der Waals surface area contributed by atoms with Crippen molar-refractivity contribution in [2.24, 2.45) is 5.18 Å². The van der Waals surface area contributed by atoms with E-state index < -0.39 is 17.7 Å². The van der Waals surface area contributed by atoms with Crippen molar-refractivity contribution < 1.29 is 8.78 Å². The third-order valence-corrected chi connectivity index (χ3v) is 2.23. The highest BCUT2D eigenvalue weighted by atomic mass is 19.1. The van der Waals surface area contributed by atoms with Crippen LogP contribution in [0.4, 0.5) is 8.78 Å². The van der Waals surface area contributed by atoms with E-state index in [0.29, 0.717) is 6.42 Å². The first-order valence-electron chi connectivity index (χ1n) is 4.93. The van der Waals surface area contributed by atoms with E-state index in [1.165, 1.54) is 0 Å². The van der Waals surface area contributed by atoms with Crippen LogP contribution >= 0.6 is 0 Å². The first-order chi connectivity index (χ1) is 7.17. The predicted molar refractivity (Wildman–Crippen MR) is 54.6 cm³/mol. The first-order valence-corrected chi connectivity index (χ1v) is 4.93. The molecule has 1 rings (SSSR count). The topological polar surface area (TPSA) is 29.4 Å². The summed E-state index contributed by atoms with van der Waals surface area (Å²) in [6.45, 7) is 1.92. The fraction of sp³-hybridized carbons (Fsp3) is 0.455. The number of hydrogen-bond acceptors (Lipinski definition) is 2. The van der Waals surface area contributed by atoms with Gasteiger partial charge in [-0.15, -0.1) is 0 Å². The molecule has 1 unspecified atom stereocenters. The molecule has 0 saturated heterocycles. The molecule has 4 heteroatoms. The molecule has 0 heterocycles. The highest BCUT2D eigenvalue weighted by molar-refractivity contribution is 5.19. The molecular formula is C11H13F2NO. The Kier molecular flexibility index (Phi) is 4.34. The molecule has 1 aromatic carbocycles. The van der Waals surface area contributed by atoms with Gasteiger partial charge in [-0.25, -0.2) is 8.78 Å². The number of nitroso groups, excluding NO2 is 1. The molecule has 82 valence electrons. The van der Waals surface area contributed by atoms with E-state index >= 15 is 0 Å². The summed E-state index contributed by atoms with van der Waals surface area (Å²) < 4.78 is 26.0. The zero-order valence-electron chi connectivity index (χ0n) is 8.54. The van der Waals surface area contributed by atoms with Crippen LogP contribution in [0.2, 0.25) is 0 Å². The van der Waals surface area contributed by atoms with Gasteiger partial charge in [-0.3, -0.25) is 0 Å². The summed E-state index contributed by atoms with van der Waals surface area (Å²) in [5.41, 5.74) is 0.216. The van der Waals surface area contributed by atoms with Crippen LogP contribution in [-0.2, 0) is 6.42 Å². The van der Waals surface area contributed by atoms with E-state index in [4.69, 9.17) is 0 Å². The Labute approximate surface area is 87.3 Å². The maximum Gasteiger partial charge on any atom is 0.126 e. The third kappa shape index (κ3) is 3.38. The van der Waals surface area contributed by atoms with E-state index in [-0.39, 0.29) is 12.0 Å². The molecular weight excluding hydrogens is 200 g/mol. The van der Waals surface area contributed by atoms with Crippen molar-refractivity contribution in [3.05, 3.63) is 40.3 Å². The lowest BCUT2D eigenvalue weighted by Crippen LogP contribution is -2.09. The number of rotatable bonds is 5. The second-order valence-electron chi connectivity index (χ2n) is 3.49. The first kappa shape index (κ1) is 11.8. The van der Waals surface area contributed by atoms with Gasteiger partial charge in [0.2, 0.25) is 0 Å². The van der Waals surface area contributed by atoms with Crippen LogP contribution in [0.3, 0.4) is 0 Å². The number of halogens is 2. The van der Waals surface area contributed by atoms with E-state index in [1.54, 1.807) is 0 Å². The van der Waals surface area contributed by atoms with Crippen molar-refractivity contribution in [2.45, 2.75) is 32.2 Å². The Bertz CT molecular complexity index is 341. The number of hydrogen-bond donors (Lipinski definition) is 0. The quantitative estimate of drug-likeness (QED) is 0.689. The summed E-state index contributed by atoms with van der Waals surface area (Å²) in [5.74, 6) is -0.978. The van der Waals surface area contributed by atoms with Gasteiger partial charge in [-0.05, 0) is 30.2 Å². The van der Waals surface area contributed by atoms with Crippen LogP contribution in [0.25, 0.3) is 0 Å². The van der Waals surface area contributed by atoms with Gasteiger partial charge >= 0.3 is 0 Å². The summed E-state index contributed by atoms with van der Waals surface area (Å²) in [6, 6.07) is 2.77. The van der Waals surface area contributed by atoms with Crippen LogP contribution in [0, 0.1) is 16.5 Å². The summed E-state index contributed by atoms with van der Waals surface area (Å²) in [6.07, 6.45) is 1.56. The Morgan fingerprint density at radius 3 is 2.73 bits per heavy atom. The lowest BCUT2D eigenvalue weighted by atomic mass is 10.0. The Hall–Kier alpha value is -1.32. The minimum atomic E-state index is -0.493. The van der Waals surface area contributed by atoms with Crippen molar-refractivity contribution in [3.8, 4) is 0 Å². The van der Waals surface area contributed by atoms with Gasteiger partial charge in [-0.2, -0.15) is 4.91 Å². The fourth-order valence-corrected chi connectivity index (χ4v) is 1.48. The highest BCUT2D eigenvalue weighted by Gasteiger charge is 2.12. The Morgan fingerprint density at radius 2 is 2.13 bits per heavy atom. The predicted octanol–water partition coefficient (Wildman–Crippen LogP) is 3.44. The summed E-state index contributed by atoms with van der Waals surface area (Å²) >= 11 is 0. The summed E-state index contributed by atoms with van der Waals surface area (Å²) in [7, 11) is 0. The maximum atomic E-state index is 13.2.